The molecule has 0 aliphatic heterocycles. The van der Waals surface area contributed by atoms with Gasteiger partial charge < -0.3 is 19.4 Å². The molecule has 4 nitrogen and oxygen atoms in total. The summed E-state index contributed by atoms with van der Waals surface area (Å²) >= 11 is 0. The van der Waals surface area contributed by atoms with Crippen LogP contribution in [-0.4, -0.2) is 32.1 Å². The Hall–Kier alpha value is -1.94. The Morgan fingerprint density at radius 3 is 2.71 bits per heavy atom. The highest BCUT2D eigenvalue weighted by Gasteiger charge is 2.09. The molecule has 0 spiro atoms. The molecule has 1 atom stereocenters. The maximum absolute atomic E-state index is 5.74. The first kappa shape index (κ1) is 15.4. The Morgan fingerprint density at radius 2 is 2.05 bits per heavy atom. The van der Waals surface area contributed by atoms with E-state index in [0.29, 0.717) is 6.61 Å². The zero-order valence-corrected chi connectivity index (χ0v) is 13.2. The molecular formula is C17H24N2O2. The summed E-state index contributed by atoms with van der Waals surface area (Å²) < 4.78 is 11.4. The van der Waals surface area contributed by atoms with Crippen molar-refractivity contribution in [2.24, 2.45) is 0 Å². The van der Waals surface area contributed by atoms with E-state index in [9.17, 15) is 0 Å². The second kappa shape index (κ2) is 7.18. The monoisotopic (exact) mass is 288 g/mol. The lowest BCUT2D eigenvalue weighted by molar-refractivity contribution is 0.261. The molecule has 0 aliphatic carbocycles. The van der Waals surface area contributed by atoms with Gasteiger partial charge in [0.15, 0.2) is 0 Å². The molecule has 0 aliphatic rings. The number of ether oxygens (including phenoxy) is 1. The lowest BCUT2D eigenvalue weighted by Crippen LogP contribution is -2.19. The number of likely N-dealkylation sites (N-methyl/N-ethyl adjacent to an activating group) is 1. The number of nitrogens with zero attached hydrogens (tertiary/aromatic N) is 1. The number of hydrogen-bond acceptors (Lipinski definition) is 4. The smallest absolute Gasteiger partial charge is 0.126 e. The summed E-state index contributed by atoms with van der Waals surface area (Å²) in [6.07, 6.45) is 0. The SMILES string of the molecule is Cc1ccc(C(C)Nc2cccc(OCCN(C)C)c2)o1. The number of hydrogen-bond donors (Lipinski definition) is 1. The largest absolute Gasteiger partial charge is 0.492 e. The molecular weight excluding hydrogens is 264 g/mol. The Labute approximate surface area is 126 Å². The first-order valence-electron chi connectivity index (χ1n) is 7.25. The van der Waals surface area contributed by atoms with Crippen LogP contribution in [0.5, 0.6) is 5.75 Å². The fraction of sp³-hybridized carbons (Fsp3) is 0.412. The summed E-state index contributed by atoms with van der Waals surface area (Å²) in [5.74, 6) is 2.75. The quantitative estimate of drug-likeness (QED) is 0.843. The van der Waals surface area contributed by atoms with Gasteiger partial charge in [0.25, 0.3) is 0 Å². The number of anilines is 1. The van der Waals surface area contributed by atoms with E-state index in [1.807, 2.05) is 57.4 Å². The zero-order chi connectivity index (χ0) is 15.2. The third-order valence-corrected chi connectivity index (χ3v) is 3.21. The molecule has 0 radical (unpaired) electrons. The van der Waals surface area contributed by atoms with E-state index in [0.717, 1.165) is 29.5 Å². The van der Waals surface area contributed by atoms with Crippen LogP contribution in [0.4, 0.5) is 5.69 Å². The van der Waals surface area contributed by atoms with Crippen molar-refractivity contribution in [3.8, 4) is 5.75 Å². The van der Waals surface area contributed by atoms with Crippen LogP contribution in [0.3, 0.4) is 0 Å². The number of benzene rings is 1. The van der Waals surface area contributed by atoms with E-state index in [1.54, 1.807) is 0 Å². The molecule has 114 valence electrons. The predicted octanol–water partition coefficient (Wildman–Crippen LogP) is 3.70. The first-order chi connectivity index (χ1) is 10.0. The van der Waals surface area contributed by atoms with Gasteiger partial charge in [-0.05, 0) is 52.2 Å². The average Bonchev–Trinajstić information content (AvgIpc) is 2.85. The Bertz CT molecular complexity index is 563. The highest BCUT2D eigenvalue weighted by Crippen LogP contribution is 2.23. The minimum atomic E-state index is 0.121. The molecule has 2 rings (SSSR count). The van der Waals surface area contributed by atoms with Crippen molar-refractivity contribution in [2.45, 2.75) is 19.9 Å². The number of aryl methyl sites for hydroxylation is 1. The molecule has 0 saturated carbocycles. The van der Waals surface area contributed by atoms with Gasteiger partial charge >= 0.3 is 0 Å². The molecule has 4 heteroatoms. The van der Waals surface area contributed by atoms with Crippen molar-refractivity contribution in [3.05, 3.63) is 47.9 Å². The lowest BCUT2D eigenvalue weighted by Gasteiger charge is -2.15. The minimum absolute atomic E-state index is 0.121. The van der Waals surface area contributed by atoms with Crippen molar-refractivity contribution in [2.75, 3.05) is 32.6 Å². The van der Waals surface area contributed by atoms with E-state index >= 15 is 0 Å². The van der Waals surface area contributed by atoms with Gasteiger partial charge in [-0.15, -0.1) is 0 Å². The maximum atomic E-state index is 5.74. The van der Waals surface area contributed by atoms with E-state index in [-0.39, 0.29) is 6.04 Å². The second-order valence-electron chi connectivity index (χ2n) is 5.49. The van der Waals surface area contributed by atoms with Gasteiger partial charge in [-0.3, -0.25) is 0 Å². The normalized spacial score (nSPS) is 12.4. The molecule has 1 N–H and O–H groups in total. The highest BCUT2D eigenvalue weighted by molar-refractivity contribution is 5.49. The van der Waals surface area contributed by atoms with Gasteiger partial charge in [0.2, 0.25) is 0 Å². The van der Waals surface area contributed by atoms with E-state index in [4.69, 9.17) is 9.15 Å². The summed E-state index contributed by atoms with van der Waals surface area (Å²) in [4.78, 5) is 2.10. The van der Waals surface area contributed by atoms with E-state index in [2.05, 4.69) is 17.1 Å². The summed E-state index contributed by atoms with van der Waals surface area (Å²) in [6.45, 7) is 5.62. The molecule has 0 amide bonds. The van der Waals surface area contributed by atoms with Crippen LogP contribution in [-0.2, 0) is 0 Å². The fourth-order valence-electron chi connectivity index (χ4n) is 2.03. The maximum Gasteiger partial charge on any atom is 0.126 e. The van der Waals surface area contributed by atoms with Crippen molar-refractivity contribution in [1.29, 1.82) is 0 Å². The van der Waals surface area contributed by atoms with Gasteiger partial charge in [-0.1, -0.05) is 6.07 Å². The number of rotatable bonds is 7. The molecule has 1 unspecified atom stereocenters. The van der Waals surface area contributed by atoms with Crippen molar-refractivity contribution in [3.63, 3.8) is 0 Å². The third-order valence-electron chi connectivity index (χ3n) is 3.21. The summed E-state index contributed by atoms with van der Waals surface area (Å²) in [5, 5.41) is 3.43. The van der Waals surface area contributed by atoms with Gasteiger partial charge in [-0.25, -0.2) is 0 Å². The van der Waals surface area contributed by atoms with Crippen LogP contribution in [0.2, 0.25) is 0 Å². The second-order valence-corrected chi connectivity index (χ2v) is 5.49. The zero-order valence-electron chi connectivity index (χ0n) is 13.2. The molecule has 0 fully saturated rings. The topological polar surface area (TPSA) is 37.6 Å². The average molecular weight is 288 g/mol. The molecule has 1 heterocycles. The highest BCUT2D eigenvalue weighted by atomic mass is 16.5. The summed E-state index contributed by atoms with van der Waals surface area (Å²) in [6, 6.07) is 12.1. The van der Waals surface area contributed by atoms with Crippen LogP contribution >= 0.6 is 0 Å². The van der Waals surface area contributed by atoms with E-state index in [1.165, 1.54) is 0 Å². The standard InChI is InChI=1S/C17H24N2O2/c1-13-8-9-17(21-13)14(2)18-15-6-5-7-16(12-15)20-11-10-19(3)4/h5-9,12,14,18H,10-11H2,1-4H3. The Balaban J connectivity index is 1.94. The molecule has 1 aromatic carbocycles. The van der Waals surface area contributed by atoms with Crippen LogP contribution in [0.1, 0.15) is 24.5 Å². The molecule has 1 aromatic heterocycles. The van der Waals surface area contributed by atoms with Crippen molar-refractivity contribution in [1.82, 2.24) is 4.90 Å². The minimum Gasteiger partial charge on any atom is -0.492 e. The Morgan fingerprint density at radius 1 is 1.24 bits per heavy atom. The summed E-state index contributed by atoms with van der Waals surface area (Å²) in [7, 11) is 4.07. The first-order valence-corrected chi connectivity index (χ1v) is 7.25. The van der Waals surface area contributed by atoms with Crippen molar-refractivity contribution < 1.29 is 9.15 Å². The summed E-state index contributed by atoms with van der Waals surface area (Å²) in [5.41, 5.74) is 1.03. The molecule has 0 saturated heterocycles. The van der Waals surface area contributed by atoms with Crippen molar-refractivity contribution >= 4 is 5.69 Å². The van der Waals surface area contributed by atoms with Gasteiger partial charge in [0.1, 0.15) is 23.9 Å². The molecule has 0 bridgehead atoms. The number of nitrogens with one attached hydrogen (secondary N) is 1. The predicted molar refractivity (Wildman–Crippen MR) is 86.0 cm³/mol. The van der Waals surface area contributed by atoms with Gasteiger partial charge in [-0.2, -0.15) is 0 Å². The molecule has 2 aromatic rings. The van der Waals surface area contributed by atoms with Gasteiger partial charge in [0, 0.05) is 18.3 Å². The fourth-order valence-corrected chi connectivity index (χ4v) is 2.03. The van der Waals surface area contributed by atoms with Gasteiger partial charge in [0.05, 0.1) is 6.04 Å². The third kappa shape index (κ3) is 4.83. The molecule has 21 heavy (non-hydrogen) atoms. The van der Waals surface area contributed by atoms with Crippen LogP contribution in [0, 0.1) is 6.92 Å². The van der Waals surface area contributed by atoms with Crippen LogP contribution in [0.25, 0.3) is 0 Å². The lowest BCUT2D eigenvalue weighted by atomic mass is 10.2. The van der Waals surface area contributed by atoms with Crippen LogP contribution < -0.4 is 10.1 Å². The Kier molecular flexibility index (Phi) is 5.28. The van der Waals surface area contributed by atoms with Crippen LogP contribution in [0.15, 0.2) is 40.8 Å². The number of furan rings is 1. The van der Waals surface area contributed by atoms with E-state index < -0.39 is 0 Å².